The molecule has 24 heavy (non-hydrogen) atoms. The summed E-state index contributed by atoms with van der Waals surface area (Å²) in [5.41, 5.74) is -0.472. The maximum atomic E-state index is 11.5. The summed E-state index contributed by atoms with van der Waals surface area (Å²) < 4.78 is 2.86. The van der Waals surface area contributed by atoms with E-state index < -0.39 is 17.6 Å². The normalized spacial score (nSPS) is 12.1. The van der Waals surface area contributed by atoms with E-state index >= 15 is 0 Å². The molecule has 1 rings (SSSR count). The minimum absolute atomic E-state index is 0.0899. The Morgan fingerprint density at radius 2 is 1.96 bits per heavy atom. The van der Waals surface area contributed by atoms with Crippen molar-refractivity contribution in [2.75, 3.05) is 6.26 Å². The summed E-state index contributed by atoms with van der Waals surface area (Å²) in [4.78, 5) is 28.0. The molecule has 1 aromatic rings. The molecular weight excluding hydrogens is 346 g/mol. The molecule has 1 amide bonds. The highest BCUT2D eigenvalue weighted by molar-refractivity contribution is 7.96. The first-order valence-corrected chi connectivity index (χ1v) is 10.2. The Kier molecular flexibility index (Phi) is 10.9. The molecular formula is C16H29N3O3S2. The second-order valence-corrected chi connectivity index (χ2v) is 6.78. The van der Waals surface area contributed by atoms with Crippen molar-refractivity contribution in [1.82, 2.24) is 15.0 Å². The van der Waals surface area contributed by atoms with Gasteiger partial charge < -0.3 is 10.4 Å². The number of amides is 1. The molecule has 8 heteroatoms. The number of hydrogen-bond donors (Lipinski definition) is 3. The van der Waals surface area contributed by atoms with Crippen molar-refractivity contribution >= 4 is 35.2 Å². The van der Waals surface area contributed by atoms with Crippen LogP contribution in [-0.2, 0) is 21.5 Å². The van der Waals surface area contributed by atoms with E-state index in [1.54, 1.807) is 12.5 Å². The highest BCUT2D eigenvalue weighted by Gasteiger charge is 2.33. The van der Waals surface area contributed by atoms with Gasteiger partial charge in [-0.2, -0.15) is 0 Å². The van der Waals surface area contributed by atoms with Gasteiger partial charge in [0.25, 0.3) is 0 Å². The minimum Gasteiger partial charge on any atom is -0.480 e. The average molecular weight is 376 g/mol. The van der Waals surface area contributed by atoms with Crippen LogP contribution in [0.25, 0.3) is 0 Å². The molecule has 0 saturated heterocycles. The molecule has 0 aliphatic heterocycles. The van der Waals surface area contributed by atoms with Crippen LogP contribution in [0.5, 0.6) is 0 Å². The lowest BCUT2D eigenvalue weighted by Gasteiger charge is -2.30. The molecule has 1 heterocycles. The zero-order valence-corrected chi connectivity index (χ0v) is 16.9. The summed E-state index contributed by atoms with van der Waals surface area (Å²) in [6.45, 7) is 9.52. The number of nitrogens with zero attached hydrogens (tertiary/aromatic N) is 1. The van der Waals surface area contributed by atoms with Gasteiger partial charge in [-0.1, -0.05) is 39.6 Å². The van der Waals surface area contributed by atoms with Crippen molar-refractivity contribution in [3.63, 3.8) is 0 Å². The molecule has 138 valence electrons. The van der Waals surface area contributed by atoms with Gasteiger partial charge in [0.2, 0.25) is 5.91 Å². The van der Waals surface area contributed by atoms with Crippen LogP contribution >= 0.6 is 23.3 Å². The van der Waals surface area contributed by atoms with Crippen molar-refractivity contribution in [3.05, 3.63) is 16.1 Å². The molecule has 0 spiro atoms. The molecule has 0 aromatic carbocycles. The van der Waals surface area contributed by atoms with Crippen LogP contribution in [0.1, 0.15) is 57.3 Å². The lowest BCUT2D eigenvalue weighted by Crippen LogP contribution is -2.43. The standard InChI is InChI=1S/C14H23N3O3S2.C2H6/c1-5-14(6-2,16-9(3)18)13-15-8-10(22-13)7-11(12(19)20)17-21-4;1-2/h8,11,17H,5-7H2,1-4H3,(H,16,18)(H,19,20);1-2H3. The van der Waals surface area contributed by atoms with Gasteiger partial charge in [-0.25, -0.2) is 9.71 Å². The third kappa shape index (κ3) is 6.41. The first-order valence-electron chi connectivity index (χ1n) is 8.13. The number of hydrogen-bond acceptors (Lipinski definition) is 6. The number of nitrogens with one attached hydrogen (secondary N) is 2. The molecule has 0 fully saturated rings. The Bertz CT molecular complexity index is 516. The van der Waals surface area contributed by atoms with E-state index in [0.717, 1.165) is 22.7 Å². The molecule has 0 radical (unpaired) electrons. The Morgan fingerprint density at radius 3 is 2.38 bits per heavy atom. The molecule has 0 saturated carbocycles. The molecule has 1 unspecified atom stereocenters. The van der Waals surface area contributed by atoms with Crippen molar-refractivity contribution in [3.8, 4) is 0 Å². The van der Waals surface area contributed by atoms with Gasteiger partial charge in [0.05, 0.1) is 5.54 Å². The van der Waals surface area contributed by atoms with E-state index in [1.165, 1.54) is 30.2 Å². The second-order valence-electron chi connectivity index (χ2n) is 5.02. The quantitative estimate of drug-likeness (QED) is 0.574. The molecule has 0 bridgehead atoms. The Morgan fingerprint density at radius 1 is 1.38 bits per heavy atom. The fourth-order valence-electron chi connectivity index (χ4n) is 2.27. The predicted molar refractivity (Wildman–Crippen MR) is 101 cm³/mol. The van der Waals surface area contributed by atoms with Crippen LogP contribution < -0.4 is 10.0 Å². The van der Waals surface area contributed by atoms with E-state index in [0.29, 0.717) is 6.42 Å². The SMILES string of the molecule is CC.CCC(CC)(NC(C)=O)c1ncc(CC(NSC)C(=O)O)s1. The summed E-state index contributed by atoms with van der Waals surface area (Å²) >= 11 is 2.75. The number of rotatable bonds is 9. The first-order chi connectivity index (χ1) is 11.4. The van der Waals surface area contributed by atoms with E-state index in [-0.39, 0.29) is 5.91 Å². The fourth-order valence-corrected chi connectivity index (χ4v) is 3.98. The zero-order chi connectivity index (χ0) is 18.8. The van der Waals surface area contributed by atoms with Crippen LogP contribution in [0.3, 0.4) is 0 Å². The van der Waals surface area contributed by atoms with Gasteiger partial charge >= 0.3 is 5.97 Å². The average Bonchev–Trinajstić information content (AvgIpc) is 3.03. The van der Waals surface area contributed by atoms with Crippen LogP contribution in [0.15, 0.2) is 6.20 Å². The number of aliphatic carboxylic acids is 1. The van der Waals surface area contributed by atoms with Gasteiger partial charge in [-0.05, 0) is 19.1 Å². The molecule has 1 aromatic heterocycles. The number of carbonyl (C=O) groups is 2. The molecule has 1 atom stereocenters. The van der Waals surface area contributed by atoms with Crippen molar-refractivity contribution in [2.45, 2.75) is 65.5 Å². The minimum atomic E-state index is -0.886. The number of carboxylic acids is 1. The molecule has 0 aliphatic rings. The van der Waals surface area contributed by atoms with Crippen LogP contribution in [0.4, 0.5) is 0 Å². The maximum Gasteiger partial charge on any atom is 0.321 e. The van der Waals surface area contributed by atoms with Crippen LogP contribution in [-0.4, -0.2) is 34.3 Å². The number of aromatic nitrogens is 1. The topological polar surface area (TPSA) is 91.3 Å². The highest BCUT2D eigenvalue weighted by Crippen LogP contribution is 2.32. The van der Waals surface area contributed by atoms with Crippen molar-refractivity contribution < 1.29 is 14.7 Å². The third-order valence-corrected chi connectivity index (χ3v) is 5.29. The Hall–Kier alpha value is -1.12. The van der Waals surface area contributed by atoms with E-state index in [9.17, 15) is 14.7 Å². The highest BCUT2D eigenvalue weighted by atomic mass is 32.2. The van der Waals surface area contributed by atoms with Gasteiger partial charge in [0.1, 0.15) is 11.0 Å². The summed E-state index contributed by atoms with van der Waals surface area (Å²) in [6.07, 6.45) is 5.35. The van der Waals surface area contributed by atoms with Crippen molar-refractivity contribution in [1.29, 1.82) is 0 Å². The number of carboxylic acid groups (broad SMARTS) is 1. The van der Waals surface area contributed by atoms with Gasteiger partial charge in [-0.3, -0.25) is 9.59 Å². The molecule has 6 nitrogen and oxygen atoms in total. The monoisotopic (exact) mass is 375 g/mol. The smallest absolute Gasteiger partial charge is 0.321 e. The van der Waals surface area contributed by atoms with Gasteiger partial charge in [0, 0.05) is 24.4 Å². The van der Waals surface area contributed by atoms with Gasteiger partial charge in [-0.15, -0.1) is 11.3 Å². The first kappa shape index (κ1) is 22.9. The summed E-state index contributed by atoms with van der Waals surface area (Å²) in [7, 11) is 0. The number of thiazole rings is 1. The Labute approximate surface area is 153 Å². The molecule has 3 N–H and O–H groups in total. The van der Waals surface area contributed by atoms with E-state index in [2.05, 4.69) is 15.0 Å². The lowest BCUT2D eigenvalue weighted by atomic mass is 9.93. The van der Waals surface area contributed by atoms with Crippen molar-refractivity contribution in [2.24, 2.45) is 0 Å². The fraction of sp³-hybridized carbons (Fsp3) is 0.688. The summed E-state index contributed by atoms with van der Waals surface area (Å²) in [5.74, 6) is -0.976. The zero-order valence-electron chi connectivity index (χ0n) is 15.3. The maximum absolute atomic E-state index is 11.5. The Balaban J connectivity index is 0.00000254. The summed E-state index contributed by atoms with van der Waals surface area (Å²) in [6, 6.07) is -0.651. The number of carbonyl (C=O) groups excluding carboxylic acids is 1. The third-order valence-electron chi connectivity index (χ3n) is 3.55. The van der Waals surface area contributed by atoms with E-state index in [1.807, 2.05) is 27.7 Å². The van der Waals surface area contributed by atoms with Crippen LogP contribution in [0, 0.1) is 0 Å². The van der Waals surface area contributed by atoms with Gasteiger partial charge in [0.15, 0.2) is 0 Å². The lowest BCUT2D eigenvalue weighted by molar-refractivity contribution is -0.138. The van der Waals surface area contributed by atoms with E-state index in [4.69, 9.17) is 0 Å². The summed E-state index contributed by atoms with van der Waals surface area (Å²) in [5, 5.41) is 13.0. The molecule has 0 aliphatic carbocycles. The largest absolute Gasteiger partial charge is 0.480 e. The second kappa shape index (κ2) is 11.4. The van der Waals surface area contributed by atoms with Crippen LogP contribution in [0.2, 0.25) is 0 Å². The predicted octanol–water partition coefficient (Wildman–Crippen LogP) is 3.18.